The molecular weight excluding hydrogens is 236 g/mol. The lowest BCUT2D eigenvalue weighted by Crippen LogP contribution is -2.11. The van der Waals surface area contributed by atoms with E-state index >= 15 is 0 Å². The quantitative estimate of drug-likeness (QED) is 0.918. The van der Waals surface area contributed by atoms with Crippen molar-refractivity contribution in [3.8, 4) is 0 Å². The smallest absolute Gasteiger partial charge is 0.115 e. The summed E-state index contributed by atoms with van der Waals surface area (Å²) < 4.78 is 0. The summed E-state index contributed by atoms with van der Waals surface area (Å²) in [5, 5.41) is 10.2. The maximum Gasteiger partial charge on any atom is 0.115 e. The van der Waals surface area contributed by atoms with Crippen molar-refractivity contribution in [2.24, 2.45) is 0 Å². The van der Waals surface area contributed by atoms with Gasteiger partial charge in [0.25, 0.3) is 0 Å². The van der Waals surface area contributed by atoms with Crippen molar-refractivity contribution in [2.45, 2.75) is 38.7 Å². The second-order valence-corrected chi connectivity index (χ2v) is 5.79. The number of nitrogens with zero attached hydrogens (tertiary/aromatic N) is 2. The van der Waals surface area contributed by atoms with Gasteiger partial charge in [-0.05, 0) is 22.6 Å². The maximum absolute atomic E-state index is 10.2. The van der Waals surface area contributed by atoms with Crippen molar-refractivity contribution in [2.75, 3.05) is 0 Å². The SMILES string of the molecule is CC(C)(C)c1ccc(C(O)Cc2ccncn2)cc1. The third-order valence-corrected chi connectivity index (χ3v) is 3.21. The van der Waals surface area contributed by atoms with Crippen LogP contribution in [0.4, 0.5) is 0 Å². The van der Waals surface area contributed by atoms with Gasteiger partial charge in [-0.1, -0.05) is 45.0 Å². The summed E-state index contributed by atoms with van der Waals surface area (Å²) in [6.07, 6.45) is 3.18. The van der Waals surface area contributed by atoms with E-state index in [1.807, 2.05) is 18.2 Å². The first-order valence-corrected chi connectivity index (χ1v) is 6.50. The van der Waals surface area contributed by atoms with Gasteiger partial charge in [-0.3, -0.25) is 0 Å². The van der Waals surface area contributed by atoms with Crippen LogP contribution >= 0.6 is 0 Å². The van der Waals surface area contributed by atoms with Crippen LogP contribution in [-0.2, 0) is 11.8 Å². The highest BCUT2D eigenvalue weighted by Crippen LogP contribution is 2.24. The number of aliphatic hydroxyl groups excluding tert-OH is 1. The highest BCUT2D eigenvalue weighted by atomic mass is 16.3. The number of rotatable bonds is 3. The average molecular weight is 256 g/mol. The highest BCUT2D eigenvalue weighted by Gasteiger charge is 2.15. The molecule has 0 bridgehead atoms. The molecule has 0 aliphatic carbocycles. The normalized spacial score (nSPS) is 13.3. The van der Waals surface area contributed by atoms with Crippen molar-refractivity contribution in [1.82, 2.24) is 9.97 Å². The first-order valence-electron chi connectivity index (χ1n) is 6.50. The Kier molecular flexibility index (Phi) is 3.96. The van der Waals surface area contributed by atoms with Gasteiger partial charge in [0.2, 0.25) is 0 Å². The molecule has 0 amide bonds. The molecule has 3 heteroatoms. The average Bonchev–Trinajstić information content (AvgIpc) is 2.39. The number of benzene rings is 1. The molecule has 0 aliphatic rings. The summed E-state index contributed by atoms with van der Waals surface area (Å²) in [5.74, 6) is 0. The zero-order valence-electron chi connectivity index (χ0n) is 11.7. The summed E-state index contributed by atoms with van der Waals surface area (Å²) in [6, 6.07) is 9.97. The van der Waals surface area contributed by atoms with Crippen LogP contribution in [0.1, 0.15) is 43.7 Å². The van der Waals surface area contributed by atoms with E-state index in [0.717, 1.165) is 11.3 Å². The molecule has 2 aromatic rings. The second kappa shape index (κ2) is 5.49. The Morgan fingerprint density at radius 1 is 1.11 bits per heavy atom. The zero-order valence-corrected chi connectivity index (χ0v) is 11.7. The third kappa shape index (κ3) is 3.61. The van der Waals surface area contributed by atoms with Crippen LogP contribution < -0.4 is 0 Å². The first-order chi connectivity index (χ1) is 8.97. The topological polar surface area (TPSA) is 46.0 Å². The van der Waals surface area contributed by atoms with E-state index in [2.05, 4.69) is 42.9 Å². The van der Waals surface area contributed by atoms with E-state index in [-0.39, 0.29) is 5.41 Å². The van der Waals surface area contributed by atoms with Crippen LogP contribution in [0.3, 0.4) is 0 Å². The lowest BCUT2D eigenvalue weighted by Gasteiger charge is -2.20. The molecule has 0 saturated carbocycles. The summed E-state index contributed by atoms with van der Waals surface area (Å²) in [7, 11) is 0. The molecule has 1 unspecified atom stereocenters. The highest BCUT2D eigenvalue weighted by molar-refractivity contribution is 5.29. The summed E-state index contributed by atoms with van der Waals surface area (Å²) in [4.78, 5) is 8.00. The summed E-state index contributed by atoms with van der Waals surface area (Å²) >= 11 is 0. The Hall–Kier alpha value is -1.74. The lowest BCUT2D eigenvalue weighted by molar-refractivity contribution is 0.177. The van der Waals surface area contributed by atoms with Crippen LogP contribution in [0.15, 0.2) is 42.9 Å². The number of aliphatic hydroxyl groups is 1. The Balaban J connectivity index is 2.10. The fourth-order valence-corrected chi connectivity index (χ4v) is 1.96. The Bertz CT molecular complexity index is 515. The van der Waals surface area contributed by atoms with E-state index in [4.69, 9.17) is 0 Å². The van der Waals surface area contributed by atoms with Gasteiger partial charge in [0.05, 0.1) is 6.10 Å². The summed E-state index contributed by atoms with van der Waals surface area (Å²) in [5.41, 5.74) is 3.18. The molecular formula is C16H20N2O. The van der Waals surface area contributed by atoms with Crippen LogP contribution in [-0.4, -0.2) is 15.1 Å². The van der Waals surface area contributed by atoms with Gasteiger partial charge in [0.1, 0.15) is 6.33 Å². The number of hydrogen-bond acceptors (Lipinski definition) is 3. The predicted molar refractivity (Wildman–Crippen MR) is 75.8 cm³/mol. The van der Waals surface area contributed by atoms with Crippen LogP contribution in [0, 0.1) is 0 Å². The molecule has 1 aromatic carbocycles. The lowest BCUT2D eigenvalue weighted by atomic mass is 9.86. The standard InChI is InChI=1S/C16H20N2O/c1-16(2,3)13-6-4-12(5-7-13)15(19)10-14-8-9-17-11-18-14/h4-9,11,15,19H,10H2,1-3H3. The van der Waals surface area contributed by atoms with Gasteiger partial charge in [-0.15, -0.1) is 0 Å². The van der Waals surface area contributed by atoms with Gasteiger partial charge in [-0.2, -0.15) is 0 Å². The van der Waals surface area contributed by atoms with E-state index in [0.29, 0.717) is 6.42 Å². The summed E-state index contributed by atoms with van der Waals surface area (Å²) in [6.45, 7) is 6.54. The van der Waals surface area contributed by atoms with Crippen LogP contribution in [0.2, 0.25) is 0 Å². The minimum atomic E-state index is -0.524. The molecule has 3 nitrogen and oxygen atoms in total. The molecule has 0 aliphatic heterocycles. The molecule has 2 rings (SSSR count). The molecule has 1 atom stereocenters. The van der Waals surface area contributed by atoms with Crippen LogP contribution in [0.25, 0.3) is 0 Å². The van der Waals surface area contributed by atoms with E-state index in [9.17, 15) is 5.11 Å². The Morgan fingerprint density at radius 3 is 2.32 bits per heavy atom. The van der Waals surface area contributed by atoms with Gasteiger partial charge in [0, 0.05) is 18.3 Å². The molecule has 1 aromatic heterocycles. The Morgan fingerprint density at radius 2 is 1.79 bits per heavy atom. The fourth-order valence-electron chi connectivity index (χ4n) is 1.96. The largest absolute Gasteiger partial charge is 0.388 e. The second-order valence-electron chi connectivity index (χ2n) is 5.79. The molecule has 19 heavy (non-hydrogen) atoms. The minimum absolute atomic E-state index is 0.135. The van der Waals surface area contributed by atoms with Crippen molar-refractivity contribution in [1.29, 1.82) is 0 Å². The molecule has 0 radical (unpaired) electrons. The molecule has 100 valence electrons. The van der Waals surface area contributed by atoms with Crippen molar-refractivity contribution < 1.29 is 5.11 Å². The van der Waals surface area contributed by atoms with E-state index in [1.54, 1.807) is 6.20 Å². The number of aromatic nitrogens is 2. The predicted octanol–water partition coefficient (Wildman–Crippen LogP) is 3.05. The monoisotopic (exact) mass is 256 g/mol. The van der Waals surface area contributed by atoms with Gasteiger partial charge in [-0.25, -0.2) is 9.97 Å². The van der Waals surface area contributed by atoms with Crippen molar-refractivity contribution in [3.05, 3.63) is 59.7 Å². The van der Waals surface area contributed by atoms with Gasteiger partial charge < -0.3 is 5.11 Å². The third-order valence-electron chi connectivity index (χ3n) is 3.21. The first kappa shape index (κ1) is 13.7. The molecule has 1 heterocycles. The molecule has 0 fully saturated rings. The van der Waals surface area contributed by atoms with Gasteiger partial charge in [0.15, 0.2) is 0 Å². The zero-order chi connectivity index (χ0) is 13.9. The number of hydrogen-bond donors (Lipinski definition) is 1. The van der Waals surface area contributed by atoms with Crippen LogP contribution in [0.5, 0.6) is 0 Å². The molecule has 0 spiro atoms. The molecule has 1 N–H and O–H groups in total. The Labute approximate surface area is 114 Å². The van der Waals surface area contributed by atoms with Gasteiger partial charge >= 0.3 is 0 Å². The van der Waals surface area contributed by atoms with Crippen molar-refractivity contribution >= 4 is 0 Å². The molecule has 0 saturated heterocycles. The minimum Gasteiger partial charge on any atom is -0.388 e. The van der Waals surface area contributed by atoms with E-state index < -0.39 is 6.10 Å². The van der Waals surface area contributed by atoms with E-state index in [1.165, 1.54) is 11.9 Å². The maximum atomic E-state index is 10.2. The fraction of sp³-hybridized carbons (Fsp3) is 0.375. The van der Waals surface area contributed by atoms with Crippen molar-refractivity contribution in [3.63, 3.8) is 0 Å².